The van der Waals surface area contributed by atoms with Gasteiger partial charge in [0.15, 0.2) is 6.10 Å². The quantitative estimate of drug-likeness (QED) is 0.139. The van der Waals surface area contributed by atoms with Crippen LogP contribution < -0.4 is 4.74 Å². The highest BCUT2D eigenvalue weighted by atomic mass is 16.6. The number of esters is 1. The molecule has 236 valence electrons. The Balaban J connectivity index is 1.31. The van der Waals surface area contributed by atoms with Gasteiger partial charge in [-0.15, -0.1) is 0 Å². The van der Waals surface area contributed by atoms with Crippen molar-refractivity contribution in [3.05, 3.63) is 136 Å². The summed E-state index contributed by atoms with van der Waals surface area (Å²) >= 11 is 0. The number of benzene rings is 4. The Bertz CT molecular complexity index is 1530. The first-order valence-electron chi connectivity index (χ1n) is 16.4. The second kappa shape index (κ2) is 15.9. The lowest BCUT2D eigenvalue weighted by Crippen LogP contribution is -2.30. The van der Waals surface area contributed by atoms with Gasteiger partial charge in [0.25, 0.3) is 0 Å². The summed E-state index contributed by atoms with van der Waals surface area (Å²) in [5, 5.41) is 0. The van der Waals surface area contributed by atoms with Gasteiger partial charge >= 0.3 is 5.97 Å². The Kier molecular flexibility index (Phi) is 11.5. The maximum absolute atomic E-state index is 12.1. The number of aryl methyl sites for hydroxylation is 3. The predicted octanol–water partition coefficient (Wildman–Crippen LogP) is 7.55. The number of carbonyl (C=O) groups is 1. The average molecular weight is 606 g/mol. The van der Waals surface area contributed by atoms with Gasteiger partial charge in [-0.3, -0.25) is 4.90 Å². The van der Waals surface area contributed by atoms with E-state index >= 15 is 0 Å². The van der Waals surface area contributed by atoms with E-state index in [1.54, 1.807) is 6.92 Å². The largest absolute Gasteiger partial charge is 0.492 e. The van der Waals surface area contributed by atoms with E-state index in [0.29, 0.717) is 19.6 Å². The smallest absolute Gasteiger partial charge is 0.335 e. The summed E-state index contributed by atoms with van der Waals surface area (Å²) in [7, 11) is 3.76. The summed E-state index contributed by atoms with van der Waals surface area (Å²) in [6.45, 7) is 5.74. The average Bonchev–Trinajstić information content (AvgIpc) is 3.21. The highest BCUT2D eigenvalue weighted by Crippen LogP contribution is 2.37. The minimum absolute atomic E-state index is 0.167. The number of hydrogen-bond acceptors (Lipinski definition) is 5. The second-order valence-electron chi connectivity index (χ2n) is 12.0. The van der Waals surface area contributed by atoms with Crippen LogP contribution in [0.4, 0.5) is 0 Å². The van der Waals surface area contributed by atoms with Crippen molar-refractivity contribution in [2.75, 3.05) is 33.9 Å². The Morgan fingerprint density at radius 1 is 0.822 bits per heavy atom. The fourth-order valence-electron chi connectivity index (χ4n) is 6.44. The maximum Gasteiger partial charge on any atom is 0.335 e. The van der Waals surface area contributed by atoms with Crippen LogP contribution in [0.25, 0.3) is 0 Å². The van der Waals surface area contributed by atoms with Crippen molar-refractivity contribution in [2.24, 2.45) is 0 Å². The van der Waals surface area contributed by atoms with E-state index < -0.39 is 6.10 Å². The van der Waals surface area contributed by atoms with Crippen LogP contribution in [0.3, 0.4) is 0 Å². The number of likely N-dealkylation sites (N-methyl/N-ethyl adjacent to an activating group) is 1. The van der Waals surface area contributed by atoms with Gasteiger partial charge < -0.3 is 14.2 Å². The van der Waals surface area contributed by atoms with Gasteiger partial charge in [0, 0.05) is 20.1 Å². The zero-order chi connectivity index (χ0) is 31.6. The van der Waals surface area contributed by atoms with Crippen molar-refractivity contribution in [2.45, 2.75) is 64.5 Å². The molecular formula is C40H47NO4. The molecule has 0 heterocycles. The Hall–Kier alpha value is -3.93. The third kappa shape index (κ3) is 8.42. The summed E-state index contributed by atoms with van der Waals surface area (Å²) in [5.41, 5.74) is 10.8. The molecule has 0 N–H and O–H groups in total. The molecule has 0 bridgehead atoms. The number of ether oxygens (including phenoxy) is 3. The number of rotatable bonds is 14. The first-order valence-corrected chi connectivity index (χ1v) is 16.4. The standard InChI is InChI=1S/C40H47NO4/c1-5-10-29-13-17-33-18-19-34-26-32(25-30-11-8-7-9-12-30)16-22-36(34)39(37(33)27-29)41(3)23-24-45-35-20-14-31(15-21-35)28-38(43-4)40(42)44-6-2/h7-9,11-17,20-22,26-27,38-39H,5-6,10,18-19,23-25,28H2,1-4H3. The fraction of sp³-hybridized carbons (Fsp3) is 0.375. The van der Waals surface area contributed by atoms with Gasteiger partial charge in [-0.25, -0.2) is 4.79 Å². The number of methoxy groups -OCH3 is 1. The lowest BCUT2D eigenvalue weighted by molar-refractivity contribution is -0.154. The molecular weight excluding hydrogens is 558 g/mol. The molecule has 0 aromatic heterocycles. The van der Waals surface area contributed by atoms with Gasteiger partial charge in [0.05, 0.1) is 12.6 Å². The zero-order valence-electron chi connectivity index (χ0n) is 27.3. The van der Waals surface area contributed by atoms with Crippen LogP contribution in [-0.4, -0.2) is 50.9 Å². The monoisotopic (exact) mass is 605 g/mol. The molecule has 0 aliphatic heterocycles. The normalized spacial score (nSPS) is 14.7. The summed E-state index contributed by atoms with van der Waals surface area (Å²) < 4.78 is 16.7. The van der Waals surface area contributed by atoms with Crippen molar-refractivity contribution in [1.29, 1.82) is 0 Å². The fourth-order valence-corrected chi connectivity index (χ4v) is 6.44. The van der Waals surface area contributed by atoms with E-state index in [-0.39, 0.29) is 12.0 Å². The van der Waals surface area contributed by atoms with E-state index in [2.05, 4.69) is 85.6 Å². The minimum Gasteiger partial charge on any atom is -0.492 e. The van der Waals surface area contributed by atoms with Crippen LogP contribution in [0.2, 0.25) is 0 Å². The number of nitrogens with zero attached hydrogens (tertiary/aromatic N) is 1. The molecule has 45 heavy (non-hydrogen) atoms. The zero-order valence-corrected chi connectivity index (χ0v) is 27.3. The molecule has 0 spiro atoms. The second-order valence-corrected chi connectivity index (χ2v) is 12.0. The molecule has 0 radical (unpaired) electrons. The first kappa shape index (κ1) is 32.5. The molecule has 0 saturated heterocycles. The molecule has 0 fully saturated rings. The molecule has 4 aromatic carbocycles. The van der Waals surface area contributed by atoms with Gasteiger partial charge in [0.2, 0.25) is 0 Å². The van der Waals surface area contributed by atoms with Gasteiger partial charge in [-0.05, 0) is 96.3 Å². The SMILES string of the molecule is CCCc1ccc2c(c1)C(N(C)CCOc1ccc(CC(OC)C(=O)OCC)cc1)c1ccc(Cc3ccccc3)cc1CC2. The van der Waals surface area contributed by atoms with Crippen LogP contribution in [0.5, 0.6) is 5.75 Å². The number of fused-ring (bicyclic) bond motifs is 2. The highest BCUT2D eigenvalue weighted by molar-refractivity contribution is 5.75. The molecule has 0 amide bonds. The molecule has 0 saturated carbocycles. The van der Waals surface area contributed by atoms with E-state index in [0.717, 1.165) is 50.0 Å². The Labute approximate surface area is 269 Å². The van der Waals surface area contributed by atoms with Crippen molar-refractivity contribution in [3.63, 3.8) is 0 Å². The van der Waals surface area contributed by atoms with E-state index in [9.17, 15) is 4.79 Å². The van der Waals surface area contributed by atoms with E-state index in [4.69, 9.17) is 14.2 Å². The molecule has 5 nitrogen and oxygen atoms in total. The van der Waals surface area contributed by atoms with Crippen LogP contribution >= 0.6 is 0 Å². The van der Waals surface area contributed by atoms with Crippen LogP contribution in [0.1, 0.15) is 70.8 Å². The number of hydrogen-bond donors (Lipinski definition) is 0. The topological polar surface area (TPSA) is 48.0 Å². The summed E-state index contributed by atoms with van der Waals surface area (Å²) in [4.78, 5) is 14.6. The minimum atomic E-state index is -0.608. The lowest BCUT2D eigenvalue weighted by atomic mass is 9.90. The van der Waals surface area contributed by atoms with Gasteiger partial charge in [0.1, 0.15) is 12.4 Å². The summed E-state index contributed by atoms with van der Waals surface area (Å²) in [6, 6.07) is 33.1. The molecule has 2 unspecified atom stereocenters. The first-order chi connectivity index (χ1) is 22.0. The predicted molar refractivity (Wildman–Crippen MR) is 181 cm³/mol. The van der Waals surface area contributed by atoms with Crippen molar-refractivity contribution in [1.82, 2.24) is 4.90 Å². The maximum atomic E-state index is 12.1. The molecule has 1 aliphatic rings. The van der Waals surface area contributed by atoms with Crippen LogP contribution in [-0.2, 0) is 46.4 Å². The third-order valence-electron chi connectivity index (χ3n) is 8.79. The number of carbonyl (C=O) groups excluding carboxylic acids is 1. The van der Waals surface area contributed by atoms with Crippen molar-refractivity contribution in [3.8, 4) is 5.75 Å². The van der Waals surface area contributed by atoms with E-state index in [1.165, 1.54) is 46.1 Å². The highest BCUT2D eigenvalue weighted by Gasteiger charge is 2.27. The molecule has 5 rings (SSSR count). The van der Waals surface area contributed by atoms with Crippen molar-refractivity contribution >= 4 is 5.97 Å². The van der Waals surface area contributed by atoms with Gasteiger partial charge in [-0.2, -0.15) is 0 Å². The Morgan fingerprint density at radius 3 is 2.29 bits per heavy atom. The van der Waals surface area contributed by atoms with Crippen LogP contribution in [0, 0.1) is 0 Å². The summed E-state index contributed by atoms with van der Waals surface area (Å²) in [5.74, 6) is 0.481. The molecule has 5 heteroatoms. The third-order valence-corrected chi connectivity index (χ3v) is 8.79. The molecule has 4 aromatic rings. The Morgan fingerprint density at radius 2 is 1.56 bits per heavy atom. The lowest BCUT2D eigenvalue weighted by Gasteiger charge is -2.31. The van der Waals surface area contributed by atoms with E-state index in [1.807, 2.05) is 24.3 Å². The molecule has 1 aliphatic carbocycles. The summed E-state index contributed by atoms with van der Waals surface area (Å²) in [6.07, 6.45) is 5.14. The van der Waals surface area contributed by atoms with Crippen LogP contribution in [0.15, 0.2) is 91.0 Å². The molecule has 2 atom stereocenters. The van der Waals surface area contributed by atoms with Gasteiger partial charge in [-0.1, -0.05) is 92.2 Å². The van der Waals surface area contributed by atoms with Crippen molar-refractivity contribution < 1.29 is 19.0 Å².